The molecule has 1 saturated heterocycles. The van der Waals surface area contributed by atoms with E-state index in [-0.39, 0.29) is 6.10 Å². The monoisotopic (exact) mass is 351 g/mol. The number of aromatic nitrogens is 4. The molecule has 0 radical (unpaired) electrons. The van der Waals surface area contributed by atoms with E-state index in [1.54, 1.807) is 4.63 Å². The van der Waals surface area contributed by atoms with Gasteiger partial charge in [-0.25, -0.2) is 4.98 Å². The summed E-state index contributed by atoms with van der Waals surface area (Å²) in [5, 5.41) is 8.77. The SMILES string of the molecule is Cc1cc2ncnn2nc1N1CCC(Oc2ccc3c(c2)CCO3)CC1. The summed E-state index contributed by atoms with van der Waals surface area (Å²) in [6.45, 7) is 4.70. The molecule has 0 saturated carbocycles. The highest BCUT2D eigenvalue weighted by Gasteiger charge is 2.24. The average molecular weight is 351 g/mol. The van der Waals surface area contributed by atoms with Crippen LogP contribution < -0.4 is 14.4 Å². The number of ether oxygens (including phenoxy) is 2. The molecule has 134 valence electrons. The summed E-state index contributed by atoms with van der Waals surface area (Å²) in [5.41, 5.74) is 3.16. The first-order valence-corrected chi connectivity index (χ1v) is 9.11. The molecular formula is C19H21N5O2. The van der Waals surface area contributed by atoms with Crippen LogP contribution in [0.3, 0.4) is 0 Å². The first-order chi connectivity index (χ1) is 12.8. The lowest BCUT2D eigenvalue weighted by Gasteiger charge is -2.33. The maximum atomic E-state index is 6.22. The minimum absolute atomic E-state index is 0.238. The fraction of sp³-hybridized carbons (Fsp3) is 0.421. The molecule has 0 N–H and O–H groups in total. The predicted molar refractivity (Wildman–Crippen MR) is 97.0 cm³/mol. The lowest BCUT2D eigenvalue weighted by Crippen LogP contribution is -2.39. The van der Waals surface area contributed by atoms with Crippen LogP contribution >= 0.6 is 0 Å². The Kier molecular flexibility index (Phi) is 3.65. The highest BCUT2D eigenvalue weighted by molar-refractivity contribution is 5.52. The molecule has 26 heavy (non-hydrogen) atoms. The average Bonchev–Trinajstić information content (AvgIpc) is 3.30. The van der Waals surface area contributed by atoms with E-state index >= 15 is 0 Å². The van der Waals surface area contributed by atoms with Gasteiger partial charge in [-0.15, -0.1) is 14.8 Å². The second kappa shape index (κ2) is 6.16. The summed E-state index contributed by atoms with van der Waals surface area (Å²) < 4.78 is 13.4. The zero-order valence-corrected chi connectivity index (χ0v) is 14.8. The third kappa shape index (κ3) is 2.73. The van der Waals surface area contributed by atoms with Crippen molar-refractivity contribution in [3.05, 3.63) is 41.7 Å². The van der Waals surface area contributed by atoms with Crippen LogP contribution in [0.1, 0.15) is 24.0 Å². The molecule has 7 heteroatoms. The third-order valence-corrected chi connectivity index (χ3v) is 5.15. The van der Waals surface area contributed by atoms with E-state index in [4.69, 9.17) is 9.47 Å². The fourth-order valence-corrected chi connectivity index (χ4v) is 3.77. The van der Waals surface area contributed by atoms with Crippen LogP contribution in [-0.4, -0.2) is 45.6 Å². The van der Waals surface area contributed by atoms with Gasteiger partial charge in [0.15, 0.2) is 11.5 Å². The van der Waals surface area contributed by atoms with Crippen LogP contribution in [0.15, 0.2) is 30.6 Å². The molecule has 0 amide bonds. The number of fused-ring (bicyclic) bond motifs is 2. The quantitative estimate of drug-likeness (QED) is 0.722. The first-order valence-electron chi connectivity index (χ1n) is 9.11. The van der Waals surface area contributed by atoms with Crippen LogP contribution in [0.5, 0.6) is 11.5 Å². The summed E-state index contributed by atoms with van der Waals surface area (Å²) in [5.74, 6) is 2.93. The summed E-state index contributed by atoms with van der Waals surface area (Å²) >= 11 is 0. The Morgan fingerprint density at radius 1 is 1.19 bits per heavy atom. The van der Waals surface area contributed by atoms with Crippen molar-refractivity contribution in [2.45, 2.75) is 32.3 Å². The second-order valence-corrected chi connectivity index (χ2v) is 6.93. The Morgan fingerprint density at radius 2 is 2.08 bits per heavy atom. The number of nitrogens with zero attached hydrogens (tertiary/aromatic N) is 5. The molecule has 0 atom stereocenters. The fourth-order valence-electron chi connectivity index (χ4n) is 3.77. The maximum absolute atomic E-state index is 6.22. The molecule has 0 bridgehead atoms. The lowest BCUT2D eigenvalue weighted by atomic mass is 10.1. The van der Waals surface area contributed by atoms with Crippen molar-refractivity contribution >= 4 is 11.5 Å². The molecule has 1 aromatic carbocycles. The summed E-state index contributed by atoms with van der Waals surface area (Å²) in [6, 6.07) is 8.19. The Morgan fingerprint density at radius 3 is 2.96 bits per heavy atom. The van der Waals surface area contributed by atoms with Crippen LogP contribution in [0.25, 0.3) is 5.65 Å². The van der Waals surface area contributed by atoms with Crippen molar-refractivity contribution in [2.75, 3.05) is 24.6 Å². The van der Waals surface area contributed by atoms with Crippen molar-refractivity contribution in [3.63, 3.8) is 0 Å². The molecule has 3 aromatic rings. The van der Waals surface area contributed by atoms with Gasteiger partial charge in [0.2, 0.25) is 0 Å². The number of anilines is 1. The van der Waals surface area contributed by atoms with Crippen molar-refractivity contribution < 1.29 is 9.47 Å². The molecule has 0 spiro atoms. The molecule has 2 aliphatic rings. The van der Waals surface area contributed by atoms with Gasteiger partial charge in [-0.2, -0.15) is 0 Å². The van der Waals surface area contributed by atoms with E-state index in [1.165, 1.54) is 11.9 Å². The van der Waals surface area contributed by atoms with Gasteiger partial charge in [-0.1, -0.05) is 0 Å². The number of hydrogen-bond donors (Lipinski definition) is 0. The summed E-state index contributed by atoms with van der Waals surface area (Å²) in [7, 11) is 0. The molecule has 5 rings (SSSR count). The van der Waals surface area contributed by atoms with Gasteiger partial charge in [0, 0.05) is 37.9 Å². The van der Waals surface area contributed by atoms with Crippen LogP contribution in [0.2, 0.25) is 0 Å². The minimum atomic E-state index is 0.238. The molecule has 0 unspecified atom stereocenters. The molecule has 2 aromatic heterocycles. The molecule has 4 heterocycles. The number of aryl methyl sites for hydroxylation is 1. The zero-order chi connectivity index (χ0) is 17.5. The number of hydrogen-bond acceptors (Lipinski definition) is 6. The number of benzene rings is 1. The second-order valence-electron chi connectivity index (χ2n) is 6.93. The minimum Gasteiger partial charge on any atom is -0.493 e. The van der Waals surface area contributed by atoms with Gasteiger partial charge in [0.05, 0.1) is 6.61 Å². The van der Waals surface area contributed by atoms with Gasteiger partial charge in [-0.05, 0) is 36.8 Å². The predicted octanol–water partition coefficient (Wildman–Crippen LogP) is 2.42. The van der Waals surface area contributed by atoms with Gasteiger partial charge in [-0.3, -0.25) is 0 Å². The van der Waals surface area contributed by atoms with Crippen molar-refractivity contribution in [1.82, 2.24) is 19.8 Å². The molecule has 2 aliphatic heterocycles. The van der Waals surface area contributed by atoms with E-state index in [9.17, 15) is 0 Å². The Hall–Kier alpha value is -2.83. The van der Waals surface area contributed by atoms with E-state index in [1.807, 2.05) is 18.2 Å². The highest BCUT2D eigenvalue weighted by atomic mass is 16.5. The molecule has 7 nitrogen and oxygen atoms in total. The maximum Gasteiger partial charge on any atom is 0.176 e. The number of rotatable bonds is 3. The largest absolute Gasteiger partial charge is 0.493 e. The topological polar surface area (TPSA) is 64.8 Å². The Labute approximate surface area is 151 Å². The standard InChI is InChI=1S/C19H21N5O2/c1-13-10-18-20-12-21-24(18)22-19(13)23-7-4-15(5-8-23)26-16-2-3-17-14(11-16)6-9-25-17/h2-3,10-12,15H,4-9H2,1H3. The third-order valence-electron chi connectivity index (χ3n) is 5.15. The van der Waals surface area contributed by atoms with Crippen LogP contribution in [0, 0.1) is 6.92 Å². The van der Waals surface area contributed by atoms with Gasteiger partial charge >= 0.3 is 0 Å². The number of piperidine rings is 1. The lowest BCUT2D eigenvalue weighted by molar-refractivity contribution is 0.170. The van der Waals surface area contributed by atoms with Gasteiger partial charge in [0.1, 0.15) is 23.9 Å². The normalized spacial score (nSPS) is 17.3. The van der Waals surface area contributed by atoms with E-state index in [0.717, 1.165) is 67.5 Å². The van der Waals surface area contributed by atoms with Crippen molar-refractivity contribution in [1.29, 1.82) is 0 Å². The molecule has 0 aliphatic carbocycles. The summed E-state index contributed by atoms with van der Waals surface area (Å²) in [4.78, 5) is 6.50. The molecular weight excluding hydrogens is 330 g/mol. The van der Waals surface area contributed by atoms with Crippen LogP contribution in [0.4, 0.5) is 5.82 Å². The van der Waals surface area contributed by atoms with E-state index < -0.39 is 0 Å². The van der Waals surface area contributed by atoms with Crippen LogP contribution in [-0.2, 0) is 6.42 Å². The highest BCUT2D eigenvalue weighted by Crippen LogP contribution is 2.30. The van der Waals surface area contributed by atoms with Crippen molar-refractivity contribution in [3.8, 4) is 11.5 Å². The van der Waals surface area contributed by atoms with Gasteiger partial charge in [0.25, 0.3) is 0 Å². The summed E-state index contributed by atoms with van der Waals surface area (Å²) in [6.07, 6.45) is 4.70. The Balaban J connectivity index is 1.26. The zero-order valence-electron chi connectivity index (χ0n) is 14.8. The van der Waals surface area contributed by atoms with E-state index in [0.29, 0.717) is 0 Å². The van der Waals surface area contributed by atoms with Crippen molar-refractivity contribution in [2.24, 2.45) is 0 Å². The van der Waals surface area contributed by atoms with Gasteiger partial charge < -0.3 is 14.4 Å². The smallest absolute Gasteiger partial charge is 0.176 e. The Bertz CT molecular complexity index is 946. The molecule has 1 fully saturated rings. The first kappa shape index (κ1) is 15.4. The van der Waals surface area contributed by atoms with E-state index in [2.05, 4.69) is 33.1 Å².